The van der Waals surface area contributed by atoms with Crippen molar-refractivity contribution in [1.82, 2.24) is 5.48 Å². The lowest BCUT2D eigenvalue weighted by atomic mass is 9.95. The first-order valence-corrected chi connectivity index (χ1v) is 5.70. The highest BCUT2D eigenvalue weighted by atomic mass is 16.5. The Bertz CT molecular complexity index is 348. The van der Waals surface area contributed by atoms with E-state index in [9.17, 15) is 0 Å². The monoisotopic (exact) mass is 223 g/mol. The summed E-state index contributed by atoms with van der Waals surface area (Å²) in [5.74, 6) is 1.40. The lowest BCUT2D eigenvalue weighted by Gasteiger charge is -2.17. The lowest BCUT2D eigenvalue weighted by molar-refractivity contribution is 0.161. The van der Waals surface area contributed by atoms with Crippen molar-refractivity contribution in [2.45, 2.75) is 39.7 Å². The minimum absolute atomic E-state index is 0.416. The van der Waals surface area contributed by atoms with Gasteiger partial charge in [-0.05, 0) is 29.0 Å². The van der Waals surface area contributed by atoms with Crippen LogP contribution in [-0.2, 0) is 13.0 Å². The summed E-state index contributed by atoms with van der Waals surface area (Å²) < 4.78 is 5.48. The van der Waals surface area contributed by atoms with Crippen molar-refractivity contribution in [2.75, 3.05) is 7.11 Å². The third-order valence-corrected chi connectivity index (χ3v) is 2.74. The van der Waals surface area contributed by atoms with Gasteiger partial charge < -0.3 is 9.94 Å². The van der Waals surface area contributed by atoms with Gasteiger partial charge in [0.1, 0.15) is 5.75 Å². The zero-order valence-corrected chi connectivity index (χ0v) is 10.5. The Morgan fingerprint density at radius 1 is 1.38 bits per heavy atom. The molecule has 1 aromatic carbocycles. The number of aryl methyl sites for hydroxylation is 1. The van der Waals surface area contributed by atoms with Crippen LogP contribution in [0.3, 0.4) is 0 Å². The fourth-order valence-corrected chi connectivity index (χ4v) is 1.92. The highest BCUT2D eigenvalue weighted by Gasteiger charge is 2.13. The Morgan fingerprint density at radius 2 is 2.06 bits per heavy atom. The van der Waals surface area contributed by atoms with E-state index in [4.69, 9.17) is 9.94 Å². The zero-order valence-electron chi connectivity index (χ0n) is 10.5. The summed E-state index contributed by atoms with van der Waals surface area (Å²) in [6.45, 7) is 6.87. The summed E-state index contributed by atoms with van der Waals surface area (Å²) in [7, 11) is 1.71. The quantitative estimate of drug-likeness (QED) is 0.754. The molecule has 0 amide bonds. The van der Waals surface area contributed by atoms with E-state index in [2.05, 4.69) is 38.4 Å². The Balaban J connectivity index is 3.25. The van der Waals surface area contributed by atoms with E-state index in [0.717, 1.165) is 17.7 Å². The summed E-state index contributed by atoms with van der Waals surface area (Å²) in [6, 6.07) is 4.17. The molecule has 0 spiro atoms. The van der Waals surface area contributed by atoms with E-state index in [0.29, 0.717) is 12.5 Å². The molecule has 0 aromatic heterocycles. The SMILES string of the molecule is CCc1cc(CNO)cc(C(C)C)c1OC. The van der Waals surface area contributed by atoms with Crippen molar-refractivity contribution in [3.8, 4) is 5.75 Å². The summed E-state index contributed by atoms with van der Waals surface area (Å²) >= 11 is 0. The average molecular weight is 223 g/mol. The normalized spacial score (nSPS) is 10.9. The fraction of sp³-hybridized carbons (Fsp3) is 0.538. The summed E-state index contributed by atoms with van der Waals surface area (Å²) in [5.41, 5.74) is 5.68. The van der Waals surface area contributed by atoms with Crippen LogP contribution < -0.4 is 10.2 Å². The number of methoxy groups -OCH3 is 1. The Kier molecular flexibility index (Phi) is 4.77. The fourth-order valence-electron chi connectivity index (χ4n) is 1.92. The van der Waals surface area contributed by atoms with Crippen LogP contribution in [0.1, 0.15) is 43.4 Å². The molecular formula is C13H21NO2. The van der Waals surface area contributed by atoms with Crippen molar-refractivity contribution in [2.24, 2.45) is 0 Å². The minimum Gasteiger partial charge on any atom is -0.496 e. The second-order valence-electron chi connectivity index (χ2n) is 4.22. The molecule has 0 aliphatic rings. The molecular weight excluding hydrogens is 202 g/mol. The standard InChI is InChI=1S/C13H21NO2/c1-5-11-6-10(8-14-15)7-12(9(2)3)13(11)16-4/h6-7,9,14-15H,5,8H2,1-4H3. The number of hydrogen-bond donors (Lipinski definition) is 2. The van der Waals surface area contributed by atoms with Crippen LogP contribution in [-0.4, -0.2) is 12.3 Å². The second kappa shape index (κ2) is 5.87. The van der Waals surface area contributed by atoms with E-state index in [1.54, 1.807) is 7.11 Å². The molecule has 0 heterocycles. The number of ether oxygens (including phenoxy) is 1. The molecule has 1 rings (SSSR count). The van der Waals surface area contributed by atoms with Gasteiger partial charge in [-0.3, -0.25) is 0 Å². The first kappa shape index (κ1) is 13.0. The van der Waals surface area contributed by atoms with E-state index in [1.807, 2.05) is 0 Å². The predicted molar refractivity (Wildman–Crippen MR) is 65.1 cm³/mol. The van der Waals surface area contributed by atoms with E-state index >= 15 is 0 Å². The summed E-state index contributed by atoms with van der Waals surface area (Å²) in [6.07, 6.45) is 0.933. The van der Waals surface area contributed by atoms with Crippen molar-refractivity contribution in [3.63, 3.8) is 0 Å². The molecule has 16 heavy (non-hydrogen) atoms. The van der Waals surface area contributed by atoms with Gasteiger partial charge in [-0.15, -0.1) is 0 Å². The van der Waals surface area contributed by atoms with Crippen LogP contribution in [0.25, 0.3) is 0 Å². The molecule has 0 saturated carbocycles. The van der Waals surface area contributed by atoms with Gasteiger partial charge in [0.2, 0.25) is 0 Å². The molecule has 3 heteroatoms. The summed E-state index contributed by atoms with van der Waals surface area (Å²) in [5, 5.41) is 8.76. The number of benzene rings is 1. The molecule has 0 radical (unpaired) electrons. The van der Waals surface area contributed by atoms with Crippen LogP contribution in [0, 0.1) is 0 Å². The Morgan fingerprint density at radius 3 is 2.50 bits per heavy atom. The molecule has 3 nitrogen and oxygen atoms in total. The summed E-state index contributed by atoms with van der Waals surface area (Å²) in [4.78, 5) is 0. The second-order valence-corrected chi connectivity index (χ2v) is 4.22. The van der Waals surface area contributed by atoms with Gasteiger partial charge in [0.05, 0.1) is 7.11 Å². The van der Waals surface area contributed by atoms with Gasteiger partial charge in [-0.1, -0.05) is 32.9 Å². The smallest absolute Gasteiger partial charge is 0.125 e. The van der Waals surface area contributed by atoms with Gasteiger partial charge in [0.15, 0.2) is 0 Å². The van der Waals surface area contributed by atoms with Gasteiger partial charge in [0, 0.05) is 6.54 Å². The van der Waals surface area contributed by atoms with Crippen molar-refractivity contribution in [1.29, 1.82) is 0 Å². The maximum Gasteiger partial charge on any atom is 0.125 e. The number of hydrogen-bond acceptors (Lipinski definition) is 3. The molecule has 0 aliphatic carbocycles. The van der Waals surface area contributed by atoms with Crippen LogP contribution in [0.15, 0.2) is 12.1 Å². The highest BCUT2D eigenvalue weighted by molar-refractivity contribution is 5.46. The van der Waals surface area contributed by atoms with Gasteiger partial charge in [0.25, 0.3) is 0 Å². The third-order valence-electron chi connectivity index (χ3n) is 2.74. The van der Waals surface area contributed by atoms with Crippen LogP contribution in [0.5, 0.6) is 5.75 Å². The van der Waals surface area contributed by atoms with Gasteiger partial charge in [-0.2, -0.15) is 0 Å². The first-order chi connectivity index (χ1) is 7.63. The van der Waals surface area contributed by atoms with Crippen LogP contribution in [0.2, 0.25) is 0 Å². The Labute approximate surface area is 97.4 Å². The number of rotatable bonds is 5. The van der Waals surface area contributed by atoms with E-state index < -0.39 is 0 Å². The molecule has 2 N–H and O–H groups in total. The lowest BCUT2D eigenvalue weighted by Crippen LogP contribution is -2.08. The van der Waals surface area contributed by atoms with Gasteiger partial charge in [-0.25, -0.2) is 5.48 Å². The average Bonchev–Trinajstić information content (AvgIpc) is 2.28. The van der Waals surface area contributed by atoms with Crippen molar-refractivity contribution in [3.05, 3.63) is 28.8 Å². The highest BCUT2D eigenvalue weighted by Crippen LogP contribution is 2.31. The molecule has 0 atom stereocenters. The number of hydroxylamine groups is 1. The maximum atomic E-state index is 8.76. The molecule has 90 valence electrons. The van der Waals surface area contributed by atoms with Crippen LogP contribution >= 0.6 is 0 Å². The topological polar surface area (TPSA) is 41.5 Å². The molecule has 1 aromatic rings. The maximum absolute atomic E-state index is 8.76. The molecule has 0 fully saturated rings. The molecule has 0 saturated heterocycles. The van der Waals surface area contributed by atoms with Crippen LogP contribution in [0.4, 0.5) is 0 Å². The van der Waals surface area contributed by atoms with E-state index in [-0.39, 0.29) is 0 Å². The van der Waals surface area contributed by atoms with Crippen molar-refractivity contribution < 1.29 is 9.94 Å². The Hall–Kier alpha value is -1.06. The van der Waals surface area contributed by atoms with Crippen molar-refractivity contribution >= 4 is 0 Å². The molecule has 0 aliphatic heterocycles. The first-order valence-electron chi connectivity index (χ1n) is 5.70. The largest absolute Gasteiger partial charge is 0.496 e. The predicted octanol–water partition coefficient (Wildman–Crippen LogP) is 2.86. The molecule has 0 bridgehead atoms. The van der Waals surface area contributed by atoms with E-state index in [1.165, 1.54) is 11.1 Å². The zero-order chi connectivity index (χ0) is 12.1. The minimum atomic E-state index is 0.416. The molecule has 0 unspecified atom stereocenters. The van der Waals surface area contributed by atoms with Gasteiger partial charge >= 0.3 is 0 Å². The third kappa shape index (κ3) is 2.74. The number of nitrogens with one attached hydrogen (secondary N) is 1.